The molecule has 5 heteroatoms. The largest absolute Gasteiger partial charge is 0.346 e. The number of hydrogen-bond donors (Lipinski definition) is 1. The van der Waals surface area contributed by atoms with Gasteiger partial charge >= 0.3 is 0 Å². The summed E-state index contributed by atoms with van der Waals surface area (Å²) in [6, 6.07) is 21.7. The summed E-state index contributed by atoms with van der Waals surface area (Å²) < 4.78 is 1.65. The maximum Gasteiger partial charge on any atom is 0.251 e. The minimum absolute atomic E-state index is 0.0814. The highest BCUT2D eigenvalue weighted by Crippen LogP contribution is 2.20. The van der Waals surface area contributed by atoms with E-state index in [0.717, 1.165) is 11.3 Å². The van der Waals surface area contributed by atoms with Crippen LogP contribution in [0.2, 0.25) is 0 Å². The van der Waals surface area contributed by atoms with E-state index in [1.807, 2.05) is 31.2 Å². The number of nitrogens with zero attached hydrogens (tertiary/aromatic N) is 3. The molecule has 0 aliphatic carbocycles. The van der Waals surface area contributed by atoms with E-state index in [9.17, 15) is 4.79 Å². The standard InChI is InChI=1S/C21H18N4O/c1-15(18-7-6-16-4-2-3-5-19(16)12-18)24-21(26)17-8-10-20(11-9-17)25-14-22-13-23-25/h2-15H,1H3,(H,24,26)/t15-/m0/s1. The lowest BCUT2D eigenvalue weighted by Crippen LogP contribution is -2.26. The molecule has 0 aliphatic rings. The van der Waals surface area contributed by atoms with Crippen LogP contribution in [0.15, 0.2) is 79.4 Å². The predicted molar refractivity (Wildman–Crippen MR) is 101 cm³/mol. The van der Waals surface area contributed by atoms with Crippen molar-refractivity contribution in [1.82, 2.24) is 20.1 Å². The van der Waals surface area contributed by atoms with Crippen molar-refractivity contribution < 1.29 is 4.79 Å². The summed E-state index contributed by atoms with van der Waals surface area (Å²) in [4.78, 5) is 16.5. The van der Waals surface area contributed by atoms with E-state index in [2.05, 4.69) is 45.7 Å². The van der Waals surface area contributed by atoms with Crippen LogP contribution in [-0.4, -0.2) is 20.7 Å². The molecule has 0 saturated carbocycles. The molecule has 4 rings (SSSR count). The van der Waals surface area contributed by atoms with Crippen molar-refractivity contribution in [3.05, 3.63) is 90.5 Å². The number of carbonyl (C=O) groups is 1. The number of nitrogens with one attached hydrogen (secondary N) is 1. The topological polar surface area (TPSA) is 59.8 Å². The zero-order chi connectivity index (χ0) is 17.9. The number of hydrogen-bond acceptors (Lipinski definition) is 3. The Labute approximate surface area is 151 Å². The van der Waals surface area contributed by atoms with E-state index in [1.54, 1.807) is 23.1 Å². The molecular weight excluding hydrogens is 324 g/mol. The summed E-state index contributed by atoms with van der Waals surface area (Å²) in [6.45, 7) is 1.99. The van der Waals surface area contributed by atoms with Crippen LogP contribution in [0.1, 0.15) is 28.9 Å². The van der Waals surface area contributed by atoms with Gasteiger partial charge in [0.25, 0.3) is 5.91 Å². The lowest BCUT2D eigenvalue weighted by Gasteiger charge is -2.15. The van der Waals surface area contributed by atoms with Crippen molar-refractivity contribution in [3.8, 4) is 5.69 Å². The van der Waals surface area contributed by atoms with Crippen LogP contribution in [0, 0.1) is 0 Å². The predicted octanol–water partition coefficient (Wildman–Crippen LogP) is 3.91. The van der Waals surface area contributed by atoms with Crippen LogP contribution in [0.5, 0.6) is 0 Å². The molecule has 0 bridgehead atoms. The summed E-state index contributed by atoms with van der Waals surface area (Å²) in [5, 5.41) is 9.50. The van der Waals surface area contributed by atoms with Gasteiger partial charge in [-0.3, -0.25) is 4.79 Å². The SMILES string of the molecule is C[C@H](NC(=O)c1ccc(-n2cncn2)cc1)c1ccc2ccccc2c1. The minimum atomic E-state index is -0.101. The molecular formula is C21H18N4O. The minimum Gasteiger partial charge on any atom is -0.346 e. The summed E-state index contributed by atoms with van der Waals surface area (Å²) in [5.74, 6) is -0.101. The van der Waals surface area contributed by atoms with Gasteiger partial charge in [0, 0.05) is 5.56 Å². The van der Waals surface area contributed by atoms with Crippen molar-refractivity contribution >= 4 is 16.7 Å². The van der Waals surface area contributed by atoms with Crippen LogP contribution in [0.3, 0.4) is 0 Å². The molecule has 3 aromatic carbocycles. The zero-order valence-electron chi connectivity index (χ0n) is 14.3. The van der Waals surface area contributed by atoms with Crippen LogP contribution >= 0.6 is 0 Å². The Bertz CT molecular complexity index is 1040. The van der Waals surface area contributed by atoms with Gasteiger partial charge in [0.05, 0.1) is 11.7 Å². The molecule has 1 heterocycles. The molecule has 1 amide bonds. The smallest absolute Gasteiger partial charge is 0.251 e. The molecule has 1 aromatic heterocycles. The van der Waals surface area contributed by atoms with Gasteiger partial charge in [0.15, 0.2) is 0 Å². The van der Waals surface area contributed by atoms with E-state index in [0.29, 0.717) is 5.56 Å². The van der Waals surface area contributed by atoms with Crippen molar-refractivity contribution in [3.63, 3.8) is 0 Å². The van der Waals surface area contributed by atoms with Gasteiger partial charge in [-0.25, -0.2) is 9.67 Å². The van der Waals surface area contributed by atoms with Gasteiger partial charge in [-0.1, -0.05) is 36.4 Å². The van der Waals surface area contributed by atoms with Crippen molar-refractivity contribution in [2.45, 2.75) is 13.0 Å². The number of fused-ring (bicyclic) bond motifs is 1. The fourth-order valence-electron chi connectivity index (χ4n) is 2.95. The molecule has 0 aliphatic heterocycles. The second kappa shape index (κ2) is 6.80. The first-order valence-electron chi connectivity index (χ1n) is 8.45. The van der Waals surface area contributed by atoms with Gasteiger partial charge in [-0.15, -0.1) is 0 Å². The number of carbonyl (C=O) groups excluding carboxylic acids is 1. The van der Waals surface area contributed by atoms with Crippen molar-refractivity contribution in [2.24, 2.45) is 0 Å². The molecule has 5 nitrogen and oxygen atoms in total. The second-order valence-electron chi connectivity index (χ2n) is 6.19. The Balaban J connectivity index is 1.49. The van der Waals surface area contributed by atoms with Gasteiger partial charge in [-0.2, -0.15) is 5.10 Å². The average Bonchev–Trinajstić information content (AvgIpc) is 3.22. The first kappa shape index (κ1) is 16.0. The Morgan fingerprint density at radius 2 is 1.77 bits per heavy atom. The molecule has 1 atom stereocenters. The quantitative estimate of drug-likeness (QED) is 0.612. The van der Waals surface area contributed by atoms with Gasteiger partial charge in [0.1, 0.15) is 12.7 Å². The Morgan fingerprint density at radius 3 is 2.50 bits per heavy atom. The summed E-state index contributed by atoms with van der Waals surface area (Å²) in [7, 11) is 0. The molecule has 0 saturated heterocycles. The van der Waals surface area contributed by atoms with E-state index in [4.69, 9.17) is 0 Å². The molecule has 0 fully saturated rings. The number of rotatable bonds is 4. The van der Waals surface area contributed by atoms with Crippen molar-refractivity contribution in [1.29, 1.82) is 0 Å². The average molecular weight is 342 g/mol. The van der Waals surface area contributed by atoms with Crippen LogP contribution in [-0.2, 0) is 0 Å². The highest BCUT2D eigenvalue weighted by molar-refractivity contribution is 5.94. The Morgan fingerprint density at radius 1 is 1.00 bits per heavy atom. The van der Waals surface area contributed by atoms with Crippen molar-refractivity contribution in [2.75, 3.05) is 0 Å². The number of amides is 1. The summed E-state index contributed by atoms with van der Waals surface area (Å²) in [6.07, 6.45) is 3.10. The monoisotopic (exact) mass is 342 g/mol. The zero-order valence-corrected chi connectivity index (χ0v) is 14.3. The first-order chi connectivity index (χ1) is 12.7. The highest BCUT2D eigenvalue weighted by atomic mass is 16.1. The van der Waals surface area contributed by atoms with E-state index in [-0.39, 0.29) is 11.9 Å². The lowest BCUT2D eigenvalue weighted by molar-refractivity contribution is 0.0940. The van der Waals surface area contributed by atoms with Gasteiger partial charge in [0.2, 0.25) is 0 Å². The highest BCUT2D eigenvalue weighted by Gasteiger charge is 2.12. The van der Waals surface area contributed by atoms with Crippen LogP contribution in [0.4, 0.5) is 0 Å². The van der Waals surface area contributed by atoms with E-state index >= 15 is 0 Å². The molecule has 0 unspecified atom stereocenters. The molecule has 4 aromatic rings. The molecule has 128 valence electrons. The summed E-state index contributed by atoms with van der Waals surface area (Å²) in [5.41, 5.74) is 2.56. The number of aromatic nitrogens is 3. The van der Waals surface area contributed by atoms with E-state index < -0.39 is 0 Å². The molecule has 26 heavy (non-hydrogen) atoms. The molecule has 1 N–H and O–H groups in total. The Kier molecular flexibility index (Phi) is 4.19. The third-order valence-electron chi connectivity index (χ3n) is 4.43. The summed E-state index contributed by atoms with van der Waals surface area (Å²) >= 11 is 0. The normalized spacial score (nSPS) is 12.0. The number of benzene rings is 3. The first-order valence-corrected chi connectivity index (χ1v) is 8.45. The van der Waals surface area contributed by atoms with Crippen LogP contribution in [0.25, 0.3) is 16.5 Å². The fourth-order valence-corrected chi connectivity index (χ4v) is 2.95. The third-order valence-corrected chi connectivity index (χ3v) is 4.43. The lowest BCUT2D eigenvalue weighted by atomic mass is 10.0. The van der Waals surface area contributed by atoms with Gasteiger partial charge < -0.3 is 5.32 Å². The maximum atomic E-state index is 12.5. The third kappa shape index (κ3) is 3.19. The molecule has 0 spiro atoms. The molecule has 0 radical (unpaired) electrons. The second-order valence-corrected chi connectivity index (χ2v) is 6.19. The van der Waals surface area contributed by atoms with Gasteiger partial charge in [-0.05, 0) is 53.6 Å². The maximum absolute atomic E-state index is 12.5. The van der Waals surface area contributed by atoms with Crippen LogP contribution < -0.4 is 5.32 Å². The fraction of sp³-hybridized carbons (Fsp3) is 0.0952. The Hall–Kier alpha value is -3.47. The van der Waals surface area contributed by atoms with E-state index in [1.165, 1.54) is 17.1 Å².